The van der Waals surface area contributed by atoms with Crippen LogP contribution < -0.4 is 27.0 Å². The number of anilines is 1. The summed E-state index contributed by atoms with van der Waals surface area (Å²) < 4.78 is 0. The lowest BCUT2D eigenvalue weighted by Gasteiger charge is -2.36. The van der Waals surface area contributed by atoms with Gasteiger partial charge in [-0.25, -0.2) is 4.99 Å². The molecule has 1 saturated heterocycles. The second kappa shape index (κ2) is 12.9. The lowest BCUT2D eigenvalue weighted by molar-refractivity contribution is 0.277. The van der Waals surface area contributed by atoms with Gasteiger partial charge in [-0.2, -0.15) is 0 Å². The molecule has 0 saturated carbocycles. The molecule has 204 valence electrons. The predicted molar refractivity (Wildman–Crippen MR) is 160 cm³/mol. The topological polar surface area (TPSA) is 144 Å². The second-order valence-corrected chi connectivity index (χ2v) is 9.83. The summed E-state index contributed by atoms with van der Waals surface area (Å²) >= 11 is 0. The molecule has 3 aliphatic rings. The maximum atomic E-state index is 7.58. The Bertz CT molecular complexity index is 1300. The van der Waals surface area contributed by atoms with Gasteiger partial charge in [0.05, 0.1) is 11.4 Å². The highest BCUT2D eigenvalue weighted by Crippen LogP contribution is 2.24. The van der Waals surface area contributed by atoms with Gasteiger partial charge in [0.15, 0.2) is 0 Å². The van der Waals surface area contributed by atoms with Crippen molar-refractivity contribution >= 4 is 24.0 Å². The molecule has 10 heteroatoms. The lowest BCUT2D eigenvalue weighted by Crippen LogP contribution is -2.47. The standard InChI is InChI=1S/C29H38N10/c1-20(2)21(16-30)15-28(32)37-29-5-4-26-27(36-29)14-22(17-35-26)24(18-33-3)25(31)19-38-10-12-39(13-11-38)23-6-8-34-9-7-23/h4-9,14-18,20,30,35-36H,10-13,19,31H2,1-3H3,(H2,32,37). The quantitative estimate of drug-likeness (QED) is 0.245. The molecular formula is C29H38N10. The third-order valence-corrected chi connectivity index (χ3v) is 6.75. The molecule has 0 atom stereocenters. The average Bonchev–Trinajstić information content (AvgIpc) is 2.95. The van der Waals surface area contributed by atoms with E-state index in [-0.39, 0.29) is 5.92 Å². The molecule has 3 aliphatic heterocycles. The van der Waals surface area contributed by atoms with Gasteiger partial charge in [-0.3, -0.25) is 14.9 Å². The van der Waals surface area contributed by atoms with E-state index >= 15 is 0 Å². The highest BCUT2D eigenvalue weighted by molar-refractivity contribution is 5.97. The van der Waals surface area contributed by atoms with Crippen LogP contribution in [0.15, 0.2) is 105 Å². The van der Waals surface area contributed by atoms with Crippen molar-refractivity contribution in [3.8, 4) is 0 Å². The van der Waals surface area contributed by atoms with E-state index < -0.39 is 0 Å². The monoisotopic (exact) mass is 526 g/mol. The fourth-order valence-electron chi connectivity index (χ4n) is 4.55. The van der Waals surface area contributed by atoms with Gasteiger partial charge in [0.25, 0.3) is 0 Å². The number of hydrogen-bond donors (Lipinski definition) is 5. The molecule has 1 aromatic heterocycles. The van der Waals surface area contributed by atoms with E-state index in [9.17, 15) is 0 Å². The SMILES string of the molecule is CN=CC(C1=CNC2=CC=C(N=C(N)C=C(C=N)C(C)C)NC2=C1)=C(N)CN1CCN(c2ccncc2)CC1. The molecule has 0 bridgehead atoms. The van der Waals surface area contributed by atoms with Crippen molar-refractivity contribution in [1.29, 1.82) is 5.41 Å². The first-order valence-electron chi connectivity index (χ1n) is 13.1. The van der Waals surface area contributed by atoms with Crippen molar-refractivity contribution in [1.82, 2.24) is 20.5 Å². The Kier molecular flexibility index (Phi) is 9.11. The largest absolute Gasteiger partial charge is 0.400 e. The lowest BCUT2D eigenvalue weighted by atomic mass is 10.00. The highest BCUT2D eigenvalue weighted by atomic mass is 15.3. The van der Waals surface area contributed by atoms with E-state index in [1.54, 1.807) is 13.1 Å². The average molecular weight is 527 g/mol. The van der Waals surface area contributed by atoms with E-state index in [0.717, 1.165) is 60.0 Å². The number of fused-ring (bicyclic) bond motifs is 1. The zero-order valence-corrected chi connectivity index (χ0v) is 22.9. The van der Waals surface area contributed by atoms with Crippen molar-refractivity contribution in [2.75, 3.05) is 44.7 Å². The molecule has 0 radical (unpaired) electrons. The van der Waals surface area contributed by atoms with Crippen molar-refractivity contribution in [3.05, 3.63) is 94.7 Å². The normalized spacial score (nSPS) is 19.3. The Hall–Kier alpha value is -4.44. The Morgan fingerprint density at radius 1 is 1.13 bits per heavy atom. The van der Waals surface area contributed by atoms with E-state index in [1.165, 1.54) is 11.9 Å². The molecular weight excluding hydrogens is 488 g/mol. The smallest absolute Gasteiger partial charge is 0.132 e. The maximum absolute atomic E-state index is 7.58. The van der Waals surface area contributed by atoms with Crippen molar-refractivity contribution in [2.45, 2.75) is 13.8 Å². The highest BCUT2D eigenvalue weighted by Gasteiger charge is 2.21. The first-order valence-corrected chi connectivity index (χ1v) is 13.1. The predicted octanol–water partition coefficient (Wildman–Crippen LogP) is 2.41. The third kappa shape index (κ3) is 7.11. The van der Waals surface area contributed by atoms with Gasteiger partial charge < -0.3 is 32.4 Å². The van der Waals surface area contributed by atoms with Crippen molar-refractivity contribution in [2.24, 2.45) is 27.4 Å². The summed E-state index contributed by atoms with van der Waals surface area (Å²) in [6.45, 7) is 8.41. The number of nitrogens with zero attached hydrogens (tertiary/aromatic N) is 5. The van der Waals surface area contributed by atoms with Crippen LogP contribution in [0.2, 0.25) is 0 Å². The van der Waals surface area contributed by atoms with Gasteiger partial charge in [0.2, 0.25) is 0 Å². The Balaban J connectivity index is 1.46. The molecule has 0 aliphatic carbocycles. The number of dihydropyridines is 2. The number of aliphatic imine (C=N–C) groups is 2. The first kappa shape index (κ1) is 27.6. The number of aromatic nitrogens is 1. The summed E-state index contributed by atoms with van der Waals surface area (Å²) in [6, 6.07) is 4.10. The minimum Gasteiger partial charge on any atom is -0.400 e. The summed E-state index contributed by atoms with van der Waals surface area (Å²) in [6.07, 6.45) is 16.3. The Morgan fingerprint density at radius 3 is 2.54 bits per heavy atom. The van der Waals surface area contributed by atoms with Crippen LogP contribution in [0.1, 0.15) is 13.8 Å². The minimum absolute atomic E-state index is 0.190. The summed E-state index contributed by atoms with van der Waals surface area (Å²) in [5.41, 5.74) is 19.2. The maximum Gasteiger partial charge on any atom is 0.132 e. The van der Waals surface area contributed by atoms with Gasteiger partial charge in [0.1, 0.15) is 11.7 Å². The van der Waals surface area contributed by atoms with Crippen LogP contribution in [-0.4, -0.2) is 67.9 Å². The van der Waals surface area contributed by atoms with Gasteiger partial charge in [-0.05, 0) is 47.9 Å². The van der Waals surface area contributed by atoms with Crippen LogP contribution in [0, 0.1) is 11.3 Å². The minimum atomic E-state index is 0.190. The molecule has 4 heterocycles. The Morgan fingerprint density at radius 2 is 1.87 bits per heavy atom. The van der Waals surface area contributed by atoms with Crippen LogP contribution in [-0.2, 0) is 0 Å². The number of amidine groups is 1. The molecule has 1 aromatic rings. The second-order valence-electron chi connectivity index (χ2n) is 9.83. The number of allylic oxidation sites excluding steroid dienone is 6. The summed E-state index contributed by atoms with van der Waals surface area (Å²) in [7, 11) is 1.75. The summed E-state index contributed by atoms with van der Waals surface area (Å²) in [4.78, 5) is 17.6. The molecule has 0 aromatic carbocycles. The molecule has 4 rings (SSSR count). The van der Waals surface area contributed by atoms with Gasteiger partial charge in [0, 0.05) is 93.3 Å². The van der Waals surface area contributed by atoms with Gasteiger partial charge >= 0.3 is 0 Å². The third-order valence-electron chi connectivity index (χ3n) is 6.75. The fraction of sp³-hybridized carbons (Fsp3) is 0.310. The van der Waals surface area contributed by atoms with E-state index in [0.29, 0.717) is 18.2 Å². The van der Waals surface area contributed by atoms with Crippen LogP contribution in [0.4, 0.5) is 5.69 Å². The number of piperazine rings is 1. The van der Waals surface area contributed by atoms with E-state index in [1.807, 2.05) is 69.0 Å². The molecule has 10 nitrogen and oxygen atoms in total. The number of rotatable bonds is 9. The van der Waals surface area contributed by atoms with Crippen molar-refractivity contribution < 1.29 is 0 Å². The van der Waals surface area contributed by atoms with Gasteiger partial charge in [-0.1, -0.05) is 13.8 Å². The van der Waals surface area contributed by atoms with E-state index in [4.69, 9.17) is 16.9 Å². The Labute approximate surface area is 230 Å². The van der Waals surface area contributed by atoms with Crippen LogP contribution in [0.25, 0.3) is 0 Å². The van der Waals surface area contributed by atoms with Crippen LogP contribution >= 0.6 is 0 Å². The van der Waals surface area contributed by atoms with Crippen LogP contribution in [0.5, 0.6) is 0 Å². The molecule has 39 heavy (non-hydrogen) atoms. The number of nitrogens with one attached hydrogen (secondary N) is 3. The molecule has 1 fully saturated rings. The first-order chi connectivity index (χ1) is 18.9. The fourth-order valence-corrected chi connectivity index (χ4v) is 4.55. The molecule has 0 unspecified atom stereocenters. The zero-order valence-electron chi connectivity index (χ0n) is 22.9. The number of hydrogen-bond acceptors (Lipinski definition) is 9. The number of nitrogens with two attached hydrogens (primary N) is 2. The molecule has 7 N–H and O–H groups in total. The number of pyridine rings is 1. The molecule has 0 spiro atoms. The summed E-state index contributed by atoms with van der Waals surface area (Å²) in [5.74, 6) is 1.14. The van der Waals surface area contributed by atoms with Crippen molar-refractivity contribution in [3.63, 3.8) is 0 Å². The zero-order chi connectivity index (χ0) is 27.8. The molecule has 0 amide bonds. The summed E-state index contributed by atoms with van der Waals surface area (Å²) in [5, 5.41) is 14.3. The van der Waals surface area contributed by atoms with Gasteiger partial charge in [-0.15, -0.1) is 0 Å². The van der Waals surface area contributed by atoms with Crippen LogP contribution in [0.3, 0.4) is 0 Å². The van der Waals surface area contributed by atoms with E-state index in [2.05, 4.69) is 35.4 Å².